The van der Waals surface area contributed by atoms with E-state index in [1.807, 2.05) is 36.5 Å². The van der Waals surface area contributed by atoms with Gasteiger partial charge >= 0.3 is 0 Å². The molecular formula is C44H33N3O. The Morgan fingerprint density at radius 2 is 1.27 bits per heavy atom. The molecule has 230 valence electrons. The van der Waals surface area contributed by atoms with Gasteiger partial charge in [0.25, 0.3) is 0 Å². The molecule has 6 aromatic carbocycles. The van der Waals surface area contributed by atoms with Crippen LogP contribution in [0.1, 0.15) is 11.1 Å². The van der Waals surface area contributed by atoms with Crippen LogP contribution in [-0.4, -0.2) is 11.7 Å². The van der Waals surface area contributed by atoms with Gasteiger partial charge in [0.15, 0.2) is 0 Å². The standard InChI is InChI=1S/C44H33N3O/c1-29-11-7-12-30(2)44(29)47-24-23-46(28-47)33-26-39-36-18-4-3-17-35(36)37-19-9-13-31-14-10-20-38(42(31)37)43(39)41(27-33)48-34-16-8-15-32(25-34)40-21-5-6-22-45-40/h3-27H,28H2,1-2H3. The lowest BCUT2D eigenvalue weighted by molar-refractivity contribution is 0.485. The molecule has 4 nitrogen and oxygen atoms in total. The maximum atomic E-state index is 7.01. The largest absolute Gasteiger partial charge is 0.457 e. The van der Waals surface area contributed by atoms with Crippen LogP contribution in [-0.2, 0) is 0 Å². The second kappa shape index (κ2) is 11.3. The number of anilines is 2. The molecule has 0 fully saturated rings. The van der Waals surface area contributed by atoms with E-state index in [0.717, 1.165) is 39.6 Å². The fourth-order valence-electron chi connectivity index (χ4n) is 7.43. The van der Waals surface area contributed by atoms with Gasteiger partial charge < -0.3 is 14.5 Å². The van der Waals surface area contributed by atoms with Crippen molar-refractivity contribution in [2.75, 3.05) is 16.5 Å². The molecule has 0 bridgehead atoms. The predicted molar refractivity (Wildman–Crippen MR) is 198 cm³/mol. The summed E-state index contributed by atoms with van der Waals surface area (Å²) in [7, 11) is 0. The minimum atomic E-state index is 0.705. The molecule has 0 radical (unpaired) electrons. The highest BCUT2D eigenvalue weighted by molar-refractivity contribution is 6.14. The first-order valence-corrected chi connectivity index (χ1v) is 16.4. The van der Waals surface area contributed by atoms with Crippen molar-refractivity contribution >= 4 is 22.1 Å². The summed E-state index contributed by atoms with van der Waals surface area (Å²) in [4.78, 5) is 9.23. The number of ether oxygens (including phenoxy) is 1. The zero-order chi connectivity index (χ0) is 32.2. The Kier molecular flexibility index (Phi) is 6.61. The molecule has 0 amide bonds. The molecular weight excluding hydrogens is 587 g/mol. The van der Waals surface area contributed by atoms with Gasteiger partial charge in [-0.25, -0.2) is 0 Å². The minimum absolute atomic E-state index is 0.705. The van der Waals surface area contributed by atoms with Crippen LogP contribution in [0.3, 0.4) is 0 Å². The molecule has 0 N–H and O–H groups in total. The van der Waals surface area contributed by atoms with Crippen LogP contribution in [0.2, 0.25) is 0 Å². The molecule has 0 saturated heterocycles. The quantitative estimate of drug-likeness (QED) is 0.192. The topological polar surface area (TPSA) is 28.6 Å². The lowest BCUT2D eigenvalue weighted by atomic mass is 9.92. The van der Waals surface area contributed by atoms with Crippen molar-refractivity contribution in [2.45, 2.75) is 13.8 Å². The monoisotopic (exact) mass is 619 g/mol. The number of para-hydroxylation sites is 1. The Balaban J connectivity index is 1.25. The van der Waals surface area contributed by atoms with Crippen molar-refractivity contribution in [3.8, 4) is 56.1 Å². The number of benzene rings is 6. The van der Waals surface area contributed by atoms with Crippen molar-refractivity contribution in [3.05, 3.63) is 163 Å². The zero-order valence-corrected chi connectivity index (χ0v) is 26.9. The summed E-state index contributed by atoms with van der Waals surface area (Å²) in [6.45, 7) is 5.07. The first-order valence-electron chi connectivity index (χ1n) is 16.4. The van der Waals surface area contributed by atoms with Crippen LogP contribution in [0.4, 0.5) is 11.4 Å². The fourth-order valence-corrected chi connectivity index (χ4v) is 7.43. The molecule has 0 atom stereocenters. The molecule has 48 heavy (non-hydrogen) atoms. The van der Waals surface area contributed by atoms with Crippen LogP contribution in [0, 0.1) is 13.8 Å². The smallest absolute Gasteiger partial charge is 0.137 e. The Hall–Kier alpha value is -6.13. The van der Waals surface area contributed by atoms with Crippen molar-refractivity contribution in [1.29, 1.82) is 0 Å². The summed E-state index contributed by atoms with van der Waals surface area (Å²) in [6, 6.07) is 47.3. The van der Waals surface area contributed by atoms with Crippen LogP contribution >= 0.6 is 0 Å². The van der Waals surface area contributed by atoms with E-state index in [1.54, 1.807) is 0 Å². The highest BCUT2D eigenvalue weighted by Crippen LogP contribution is 2.53. The average molecular weight is 620 g/mol. The summed E-state index contributed by atoms with van der Waals surface area (Å²) in [6.07, 6.45) is 6.19. The third kappa shape index (κ3) is 4.65. The highest BCUT2D eigenvalue weighted by atomic mass is 16.5. The summed E-state index contributed by atoms with van der Waals surface area (Å²) in [5.41, 5.74) is 13.9. The Morgan fingerprint density at radius 1 is 0.583 bits per heavy atom. The van der Waals surface area contributed by atoms with E-state index in [1.165, 1.54) is 49.8 Å². The second-order valence-corrected chi connectivity index (χ2v) is 12.6. The molecule has 1 aliphatic carbocycles. The fraction of sp³-hybridized carbons (Fsp3) is 0.0682. The van der Waals surface area contributed by atoms with E-state index in [0.29, 0.717) is 6.67 Å². The van der Waals surface area contributed by atoms with Gasteiger partial charge in [-0.15, -0.1) is 0 Å². The molecule has 2 aliphatic rings. The minimum Gasteiger partial charge on any atom is -0.457 e. The van der Waals surface area contributed by atoms with Gasteiger partial charge in [0.2, 0.25) is 0 Å². The Labute approximate surface area is 280 Å². The Morgan fingerprint density at radius 3 is 2.06 bits per heavy atom. The molecule has 1 aliphatic heterocycles. The molecule has 2 heterocycles. The number of hydrogen-bond acceptors (Lipinski definition) is 4. The van der Waals surface area contributed by atoms with Crippen LogP contribution in [0.15, 0.2) is 152 Å². The summed E-state index contributed by atoms with van der Waals surface area (Å²) in [5.74, 6) is 1.59. The van der Waals surface area contributed by atoms with Crippen LogP contribution in [0.5, 0.6) is 11.5 Å². The number of pyridine rings is 1. The average Bonchev–Trinajstić information content (AvgIpc) is 3.57. The van der Waals surface area contributed by atoms with Gasteiger partial charge in [-0.2, -0.15) is 0 Å². The van der Waals surface area contributed by atoms with E-state index in [4.69, 9.17) is 4.74 Å². The number of fused-ring (bicyclic) bond motifs is 5. The van der Waals surface area contributed by atoms with Crippen molar-refractivity contribution in [2.24, 2.45) is 0 Å². The summed E-state index contributed by atoms with van der Waals surface area (Å²) < 4.78 is 7.01. The molecule has 7 aromatic rings. The number of rotatable bonds is 5. The third-order valence-electron chi connectivity index (χ3n) is 9.58. The van der Waals surface area contributed by atoms with Gasteiger partial charge in [0.1, 0.15) is 11.5 Å². The molecule has 0 saturated carbocycles. The second-order valence-electron chi connectivity index (χ2n) is 12.6. The maximum Gasteiger partial charge on any atom is 0.137 e. The van der Waals surface area contributed by atoms with E-state index >= 15 is 0 Å². The van der Waals surface area contributed by atoms with Crippen LogP contribution in [0.25, 0.3) is 55.4 Å². The van der Waals surface area contributed by atoms with Gasteiger partial charge in [-0.3, -0.25) is 4.98 Å². The van der Waals surface area contributed by atoms with Gasteiger partial charge in [0.05, 0.1) is 12.4 Å². The van der Waals surface area contributed by atoms with E-state index in [-0.39, 0.29) is 0 Å². The molecule has 1 aromatic heterocycles. The number of aryl methyl sites for hydroxylation is 2. The maximum absolute atomic E-state index is 7.01. The van der Waals surface area contributed by atoms with Crippen LogP contribution < -0.4 is 14.5 Å². The number of nitrogens with zero attached hydrogens (tertiary/aromatic N) is 3. The summed E-state index contributed by atoms with van der Waals surface area (Å²) in [5, 5.41) is 2.46. The van der Waals surface area contributed by atoms with Crippen molar-refractivity contribution < 1.29 is 4.74 Å². The van der Waals surface area contributed by atoms with E-state index < -0.39 is 0 Å². The first kappa shape index (κ1) is 28.1. The van der Waals surface area contributed by atoms with Crippen molar-refractivity contribution in [1.82, 2.24) is 4.98 Å². The molecule has 9 rings (SSSR count). The predicted octanol–water partition coefficient (Wildman–Crippen LogP) is 11.4. The normalized spacial score (nSPS) is 13.0. The molecule has 0 unspecified atom stereocenters. The Bertz CT molecular complexity index is 2370. The number of aromatic nitrogens is 1. The van der Waals surface area contributed by atoms with E-state index in [2.05, 4.69) is 144 Å². The third-order valence-corrected chi connectivity index (χ3v) is 9.58. The van der Waals surface area contributed by atoms with Gasteiger partial charge in [0, 0.05) is 47.2 Å². The van der Waals surface area contributed by atoms with E-state index in [9.17, 15) is 0 Å². The first-order chi connectivity index (χ1) is 23.6. The molecule has 4 heteroatoms. The zero-order valence-electron chi connectivity index (χ0n) is 26.9. The van der Waals surface area contributed by atoms with Gasteiger partial charge in [-0.1, -0.05) is 97.1 Å². The number of hydrogen-bond donors (Lipinski definition) is 0. The van der Waals surface area contributed by atoms with Crippen molar-refractivity contribution in [3.63, 3.8) is 0 Å². The SMILES string of the molecule is Cc1cccc(C)c1N1C=CN(c2cc(Oc3cccc(-c4ccccn4)c3)c3c(c2)-c2ccccc2-c2cccc4cccc-3c24)C1. The lowest BCUT2D eigenvalue weighted by Gasteiger charge is -2.26. The molecule has 0 spiro atoms. The lowest BCUT2D eigenvalue weighted by Crippen LogP contribution is -2.25. The summed E-state index contributed by atoms with van der Waals surface area (Å²) >= 11 is 0. The highest BCUT2D eigenvalue weighted by Gasteiger charge is 2.27. The van der Waals surface area contributed by atoms with Gasteiger partial charge in [-0.05, 0) is 93.9 Å².